The largest absolute Gasteiger partial charge is 0.480 e. The molecule has 0 unspecified atom stereocenters. The number of carbonyl (C=O) groups is 4. The standard InChI is InChI=1S/C12H20N4O8/c17-8(18)5-15(6-9(19)20)3-4-16(7-10(21)22)12(11(23)24)13-1-2-14-12/h13-14H,1-7H2,(H,17,18)(H,19,20)(H,21,22)(H,23,24). The molecule has 0 atom stereocenters. The number of aliphatic carboxylic acids is 4. The quantitative estimate of drug-likeness (QED) is 0.220. The first kappa shape index (κ1) is 19.8. The number of hydrogen-bond acceptors (Lipinski definition) is 8. The monoisotopic (exact) mass is 348 g/mol. The zero-order valence-corrected chi connectivity index (χ0v) is 12.8. The molecule has 0 bridgehead atoms. The Bertz CT molecular complexity index is 489. The minimum Gasteiger partial charge on any atom is -0.480 e. The van der Waals surface area contributed by atoms with Crippen LogP contribution in [0.1, 0.15) is 0 Å². The van der Waals surface area contributed by atoms with Crippen molar-refractivity contribution in [2.45, 2.75) is 5.79 Å². The fourth-order valence-electron chi connectivity index (χ4n) is 2.45. The highest BCUT2D eigenvalue weighted by molar-refractivity contribution is 5.79. The van der Waals surface area contributed by atoms with Crippen molar-refractivity contribution in [1.29, 1.82) is 0 Å². The van der Waals surface area contributed by atoms with E-state index in [1.54, 1.807) is 0 Å². The van der Waals surface area contributed by atoms with Gasteiger partial charge in [0, 0.05) is 26.2 Å². The molecule has 0 aromatic rings. The second-order valence-electron chi connectivity index (χ2n) is 5.18. The van der Waals surface area contributed by atoms with Crippen molar-refractivity contribution in [3.05, 3.63) is 0 Å². The average molecular weight is 348 g/mol. The predicted octanol–water partition coefficient (Wildman–Crippen LogP) is -3.22. The van der Waals surface area contributed by atoms with E-state index >= 15 is 0 Å². The Morgan fingerprint density at radius 3 is 1.62 bits per heavy atom. The number of nitrogens with one attached hydrogen (secondary N) is 2. The van der Waals surface area contributed by atoms with Gasteiger partial charge >= 0.3 is 23.9 Å². The summed E-state index contributed by atoms with van der Waals surface area (Å²) in [7, 11) is 0. The number of rotatable bonds is 11. The molecule has 0 aromatic carbocycles. The summed E-state index contributed by atoms with van der Waals surface area (Å²) in [4.78, 5) is 46.3. The number of carboxylic acid groups (broad SMARTS) is 4. The van der Waals surface area contributed by atoms with Gasteiger partial charge in [0.1, 0.15) is 0 Å². The first-order valence-corrected chi connectivity index (χ1v) is 7.03. The third-order valence-corrected chi connectivity index (χ3v) is 3.40. The molecule has 12 nitrogen and oxygen atoms in total. The van der Waals surface area contributed by atoms with Crippen LogP contribution in [0.5, 0.6) is 0 Å². The lowest BCUT2D eigenvalue weighted by Gasteiger charge is -2.37. The van der Waals surface area contributed by atoms with E-state index in [0.29, 0.717) is 13.1 Å². The SMILES string of the molecule is O=C(O)CN(CCN(CC(=O)O)C1(C(=O)O)NCCN1)CC(=O)O. The molecule has 12 heteroatoms. The van der Waals surface area contributed by atoms with E-state index in [0.717, 1.165) is 9.80 Å². The van der Waals surface area contributed by atoms with Crippen LogP contribution in [-0.4, -0.2) is 106 Å². The van der Waals surface area contributed by atoms with Gasteiger partial charge in [0.15, 0.2) is 0 Å². The molecule has 136 valence electrons. The summed E-state index contributed by atoms with van der Waals surface area (Å²) >= 11 is 0. The molecule has 0 aliphatic carbocycles. The van der Waals surface area contributed by atoms with Gasteiger partial charge in [-0.25, -0.2) is 4.79 Å². The minimum atomic E-state index is -1.80. The fraction of sp³-hybridized carbons (Fsp3) is 0.667. The van der Waals surface area contributed by atoms with Crippen LogP contribution in [0.15, 0.2) is 0 Å². The van der Waals surface area contributed by atoms with Crippen LogP contribution >= 0.6 is 0 Å². The Kier molecular flexibility index (Phi) is 7.03. The summed E-state index contributed by atoms with van der Waals surface area (Å²) in [5, 5.41) is 41.4. The second kappa shape index (κ2) is 8.54. The van der Waals surface area contributed by atoms with Gasteiger partial charge in [-0.1, -0.05) is 0 Å². The van der Waals surface area contributed by atoms with Crippen molar-refractivity contribution in [1.82, 2.24) is 20.4 Å². The van der Waals surface area contributed by atoms with E-state index in [1.165, 1.54) is 0 Å². The highest BCUT2D eigenvalue weighted by Crippen LogP contribution is 2.13. The minimum absolute atomic E-state index is 0.135. The van der Waals surface area contributed by atoms with Gasteiger partial charge in [-0.3, -0.25) is 34.8 Å². The molecule has 0 saturated carbocycles. The van der Waals surface area contributed by atoms with Crippen molar-refractivity contribution < 1.29 is 39.6 Å². The maximum absolute atomic E-state index is 11.6. The summed E-state index contributed by atoms with van der Waals surface area (Å²) in [6.07, 6.45) is 0. The molecule has 0 spiro atoms. The molecular weight excluding hydrogens is 328 g/mol. The molecular formula is C12H20N4O8. The maximum Gasteiger partial charge on any atom is 0.355 e. The molecule has 1 heterocycles. The smallest absolute Gasteiger partial charge is 0.355 e. The molecule has 0 aromatic heterocycles. The molecule has 1 aliphatic heterocycles. The first-order valence-electron chi connectivity index (χ1n) is 7.03. The summed E-state index contributed by atoms with van der Waals surface area (Å²) in [6.45, 7) is -1.45. The first-order chi connectivity index (χ1) is 11.2. The Hall–Kier alpha value is -2.28. The molecule has 24 heavy (non-hydrogen) atoms. The predicted molar refractivity (Wildman–Crippen MR) is 77.3 cm³/mol. The van der Waals surface area contributed by atoms with Gasteiger partial charge in [-0.05, 0) is 0 Å². The van der Waals surface area contributed by atoms with Crippen LogP contribution < -0.4 is 10.6 Å². The lowest BCUT2D eigenvalue weighted by atomic mass is 10.2. The van der Waals surface area contributed by atoms with E-state index in [-0.39, 0.29) is 13.1 Å². The van der Waals surface area contributed by atoms with Gasteiger partial charge in [-0.15, -0.1) is 0 Å². The van der Waals surface area contributed by atoms with Gasteiger partial charge in [0.2, 0.25) is 5.79 Å². The van der Waals surface area contributed by atoms with Crippen LogP contribution in [0.2, 0.25) is 0 Å². The van der Waals surface area contributed by atoms with Crippen molar-refractivity contribution in [3.8, 4) is 0 Å². The van der Waals surface area contributed by atoms with Crippen LogP contribution in [0, 0.1) is 0 Å². The molecule has 6 N–H and O–H groups in total. The van der Waals surface area contributed by atoms with Gasteiger partial charge < -0.3 is 20.4 Å². The number of nitrogens with zero attached hydrogens (tertiary/aromatic N) is 2. The molecule has 1 fully saturated rings. The normalized spacial score (nSPS) is 16.4. The Balaban J connectivity index is 2.87. The van der Waals surface area contributed by atoms with E-state index in [1.807, 2.05) is 0 Å². The van der Waals surface area contributed by atoms with Crippen molar-refractivity contribution >= 4 is 23.9 Å². The molecule has 0 radical (unpaired) electrons. The summed E-state index contributed by atoms with van der Waals surface area (Å²) in [5.41, 5.74) is 0. The Labute approximate surface area is 136 Å². The van der Waals surface area contributed by atoms with Crippen molar-refractivity contribution in [2.75, 3.05) is 45.8 Å². The van der Waals surface area contributed by atoms with E-state index < -0.39 is 49.3 Å². The highest BCUT2D eigenvalue weighted by Gasteiger charge is 2.47. The molecule has 1 saturated heterocycles. The van der Waals surface area contributed by atoms with Crippen molar-refractivity contribution in [2.24, 2.45) is 0 Å². The summed E-state index contributed by atoms with van der Waals surface area (Å²) in [6, 6.07) is 0. The number of carboxylic acids is 4. The van der Waals surface area contributed by atoms with Gasteiger partial charge in [-0.2, -0.15) is 0 Å². The number of hydrogen-bond donors (Lipinski definition) is 6. The third-order valence-electron chi connectivity index (χ3n) is 3.40. The van der Waals surface area contributed by atoms with Crippen molar-refractivity contribution in [3.63, 3.8) is 0 Å². The third kappa shape index (κ3) is 5.42. The Morgan fingerprint density at radius 1 is 0.792 bits per heavy atom. The zero-order valence-electron chi connectivity index (χ0n) is 12.8. The second-order valence-corrected chi connectivity index (χ2v) is 5.18. The van der Waals surface area contributed by atoms with Crippen LogP contribution in [-0.2, 0) is 19.2 Å². The zero-order chi connectivity index (χ0) is 18.3. The topological polar surface area (TPSA) is 180 Å². The Morgan fingerprint density at radius 2 is 1.25 bits per heavy atom. The molecule has 0 amide bonds. The summed E-state index contributed by atoms with van der Waals surface area (Å²) in [5.74, 6) is -6.88. The van der Waals surface area contributed by atoms with Gasteiger partial charge in [0.05, 0.1) is 19.6 Å². The van der Waals surface area contributed by atoms with Crippen LogP contribution in [0.4, 0.5) is 0 Å². The molecule has 1 rings (SSSR count). The van der Waals surface area contributed by atoms with Crippen LogP contribution in [0.3, 0.4) is 0 Å². The van der Waals surface area contributed by atoms with Gasteiger partial charge in [0.25, 0.3) is 0 Å². The van der Waals surface area contributed by atoms with Crippen LogP contribution in [0.25, 0.3) is 0 Å². The lowest BCUT2D eigenvalue weighted by Crippen LogP contribution is -2.69. The van der Waals surface area contributed by atoms with E-state index in [4.69, 9.17) is 15.3 Å². The summed E-state index contributed by atoms with van der Waals surface area (Å²) < 4.78 is 0. The highest BCUT2D eigenvalue weighted by atomic mass is 16.4. The fourth-order valence-corrected chi connectivity index (χ4v) is 2.45. The molecule has 1 aliphatic rings. The maximum atomic E-state index is 11.6. The average Bonchev–Trinajstić information content (AvgIpc) is 2.92. The van der Waals surface area contributed by atoms with E-state index in [2.05, 4.69) is 10.6 Å². The lowest BCUT2D eigenvalue weighted by molar-refractivity contribution is -0.159. The van der Waals surface area contributed by atoms with E-state index in [9.17, 15) is 24.3 Å².